The molecule has 0 saturated carbocycles. The number of furan rings is 1. The van der Waals surface area contributed by atoms with Crippen molar-refractivity contribution in [2.45, 2.75) is 24.9 Å². The Hall–Kier alpha value is -3.26. The van der Waals surface area contributed by atoms with Crippen LogP contribution < -0.4 is 5.32 Å². The Balaban J connectivity index is 1.37. The summed E-state index contributed by atoms with van der Waals surface area (Å²) in [5.41, 5.74) is 1.21. The molecule has 8 heteroatoms. The Morgan fingerprint density at radius 2 is 2.14 bits per heavy atom. The second-order valence-electron chi connectivity index (χ2n) is 7.09. The highest BCUT2D eigenvalue weighted by Gasteiger charge is 2.37. The van der Waals surface area contributed by atoms with Crippen molar-refractivity contribution in [1.29, 1.82) is 0 Å². The number of hydrogen-bond acceptors (Lipinski definition) is 6. The van der Waals surface area contributed by atoms with Gasteiger partial charge in [-0.05, 0) is 47.0 Å². The van der Waals surface area contributed by atoms with Gasteiger partial charge in [0.15, 0.2) is 0 Å². The Bertz CT molecular complexity index is 908. The summed E-state index contributed by atoms with van der Waals surface area (Å²) in [6.07, 6.45) is 8.69. The molecule has 0 unspecified atom stereocenters. The van der Waals surface area contributed by atoms with E-state index >= 15 is 0 Å². The van der Waals surface area contributed by atoms with E-state index in [0.29, 0.717) is 26.1 Å². The van der Waals surface area contributed by atoms with Gasteiger partial charge in [0.1, 0.15) is 12.1 Å². The molecule has 29 heavy (non-hydrogen) atoms. The number of carbonyl (C=O) groups is 1. The molecule has 2 atom stereocenters. The molecule has 1 amide bonds. The summed E-state index contributed by atoms with van der Waals surface area (Å²) in [7, 11) is 0. The third-order valence-corrected chi connectivity index (χ3v) is 5.14. The fraction of sp³-hybridized carbons (Fsp3) is 0.333. The van der Waals surface area contributed by atoms with Crippen LogP contribution in [0.25, 0.3) is 6.08 Å². The summed E-state index contributed by atoms with van der Waals surface area (Å²) in [4.78, 5) is 15.1. The maximum absolute atomic E-state index is 12.9. The number of rotatable bonds is 8. The first-order valence-electron chi connectivity index (χ1n) is 9.78. The van der Waals surface area contributed by atoms with E-state index in [-0.39, 0.29) is 18.0 Å². The van der Waals surface area contributed by atoms with Crippen molar-refractivity contribution >= 4 is 12.0 Å². The molecule has 0 bridgehead atoms. The zero-order valence-electron chi connectivity index (χ0n) is 16.1. The van der Waals surface area contributed by atoms with E-state index in [1.807, 2.05) is 42.5 Å². The lowest BCUT2D eigenvalue weighted by Crippen LogP contribution is -2.43. The van der Waals surface area contributed by atoms with Gasteiger partial charge in [-0.3, -0.25) is 9.69 Å². The van der Waals surface area contributed by atoms with Gasteiger partial charge in [0.25, 0.3) is 0 Å². The summed E-state index contributed by atoms with van der Waals surface area (Å²) >= 11 is 0. The lowest BCUT2D eigenvalue weighted by atomic mass is 10.1. The summed E-state index contributed by atoms with van der Waals surface area (Å²) in [6, 6.07) is 13.8. The molecule has 1 aliphatic rings. The molecule has 2 aromatic heterocycles. The highest BCUT2D eigenvalue weighted by molar-refractivity contribution is 5.82. The van der Waals surface area contributed by atoms with Gasteiger partial charge in [-0.1, -0.05) is 36.4 Å². The SMILES string of the molecule is O=C(NCCc1ccccc1)[C@@H]1C[C@@H](n2cnnn2)CN1CC=Cc1ccco1. The first-order chi connectivity index (χ1) is 14.3. The highest BCUT2D eigenvalue weighted by atomic mass is 16.3. The molecule has 1 N–H and O–H groups in total. The first-order valence-corrected chi connectivity index (χ1v) is 9.78. The molecular formula is C21H24N6O2. The summed E-state index contributed by atoms with van der Waals surface area (Å²) < 4.78 is 7.07. The number of benzene rings is 1. The van der Waals surface area contributed by atoms with Gasteiger partial charge >= 0.3 is 0 Å². The van der Waals surface area contributed by atoms with Crippen LogP contribution in [0.15, 0.2) is 65.5 Å². The fourth-order valence-electron chi connectivity index (χ4n) is 3.66. The number of amides is 1. The Labute approximate surface area is 169 Å². The molecule has 0 aliphatic carbocycles. The Morgan fingerprint density at radius 3 is 2.90 bits per heavy atom. The molecule has 1 aliphatic heterocycles. The van der Waals surface area contributed by atoms with Gasteiger partial charge in [-0.15, -0.1) is 5.10 Å². The number of nitrogens with zero attached hydrogens (tertiary/aromatic N) is 5. The van der Waals surface area contributed by atoms with E-state index in [0.717, 1.165) is 12.2 Å². The van der Waals surface area contributed by atoms with Crippen molar-refractivity contribution in [2.75, 3.05) is 19.6 Å². The van der Waals surface area contributed by atoms with Gasteiger partial charge in [0, 0.05) is 19.6 Å². The molecule has 1 saturated heterocycles. The van der Waals surface area contributed by atoms with Gasteiger partial charge in [0.05, 0.1) is 18.3 Å². The lowest BCUT2D eigenvalue weighted by Gasteiger charge is -2.21. The maximum Gasteiger partial charge on any atom is 0.237 e. The van der Waals surface area contributed by atoms with E-state index < -0.39 is 0 Å². The molecule has 0 radical (unpaired) electrons. The molecule has 8 nitrogen and oxygen atoms in total. The monoisotopic (exact) mass is 392 g/mol. The molecule has 150 valence electrons. The van der Waals surface area contributed by atoms with Crippen molar-refractivity contribution < 1.29 is 9.21 Å². The van der Waals surface area contributed by atoms with Gasteiger partial charge < -0.3 is 9.73 Å². The molecule has 0 spiro atoms. The summed E-state index contributed by atoms with van der Waals surface area (Å²) in [5, 5.41) is 14.6. The molecule has 3 heterocycles. The van der Waals surface area contributed by atoms with E-state index in [1.54, 1.807) is 17.3 Å². The third kappa shape index (κ3) is 4.97. The fourth-order valence-corrected chi connectivity index (χ4v) is 3.66. The van der Waals surface area contributed by atoms with Crippen LogP contribution in [0.3, 0.4) is 0 Å². The Kier molecular flexibility index (Phi) is 6.11. The van der Waals surface area contributed by atoms with E-state index in [9.17, 15) is 4.79 Å². The summed E-state index contributed by atoms with van der Waals surface area (Å²) in [6.45, 7) is 1.98. The summed E-state index contributed by atoms with van der Waals surface area (Å²) in [5.74, 6) is 0.841. The highest BCUT2D eigenvalue weighted by Crippen LogP contribution is 2.26. The number of nitrogens with one attached hydrogen (secondary N) is 1. The number of aromatic nitrogens is 4. The van der Waals surface area contributed by atoms with Crippen LogP contribution in [0.5, 0.6) is 0 Å². The largest absolute Gasteiger partial charge is 0.465 e. The van der Waals surface area contributed by atoms with E-state index in [4.69, 9.17) is 4.42 Å². The number of likely N-dealkylation sites (tertiary alicyclic amines) is 1. The van der Waals surface area contributed by atoms with Crippen molar-refractivity contribution in [3.63, 3.8) is 0 Å². The maximum atomic E-state index is 12.9. The normalized spacial score (nSPS) is 19.7. The number of tetrazole rings is 1. The number of hydrogen-bond donors (Lipinski definition) is 1. The van der Waals surface area contributed by atoms with Crippen LogP contribution in [0.4, 0.5) is 0 Å². The lowest BCUT2D eigenvalue weighted by molar-refractivity contribution is -0.125. The minimum Gasteiger partial charge on any atom is -0.465 e. The molecule has 1 fully saturated rings. The standard InChI is InChI=1S/C21H24N6O2/c28-21(22-11-10-17-6-2-1-3-7-17)20-14-18(27-16-23-24-25-27)15-26(20)12-4-8-19-9-5-13-29-19/h1-9,13,16,18,20H,10-12,14-15H2,(H,22,28)/t18-,20+/m1/s1. The van der Waals surface area contributed by atoms with Crippen molar-refractivity contribution in [1.82, 2.24) is 30.4 Å². The predicted molar refractivity (Wildman–Crippen MR) is 108 cm³/mol. The molecule has 4 rings (SSSR count). The average molecular weight is 392 g/mol. The van der Waals surface area contributed by atoms with Crippen LogP contribution in [-0.2, 0) is 11.2 Å². The minimum absolute atomic E-state index is 0.0444. The van der Waals surface area contributed by atoms with Crippen LogP contribution in [-0.4, -0.2) is 56.7 Å². The molecule has 3 aromatic rings. The van der Waals surface area contributed by atoms with Gasteiger partial charge in [-0.25, -0.2) is 4.68 Å². The van der Waals surface area contributed by atoms with E-state index in [2.05, 4.69) is 37.9 Å². The van der Waals surface area contributed by atoms with E-state index in [1.165, 1.54) is 5.56 Å². The average Bonchev–Trinajstić information content (AvgIpc) is 3.50. The zero-order valence-corrected chi connectivity index (χ0v) is 16.1. The third-order valence-electron chi connectivity index (χ3n) is 5.14. The van der Waals surface area contributed by atoms with Crippen molar-refractivity contribution in [3.8, 4) is 0 Å². The molecule has 1 aromatic carbocycles. The van der Waals surface area contributed by atoms with Crippen LogP contribution in [0.2, 0.25) is 0 Å². The first kappa shape index (κ1) is 19.1. The van der Waals surface area contributed by atoms with Gasteiger partial charge in [-0.2, -0.15) is 0 Å². The predicted octanol–water partition coefficient (Wildman–Crippen LogP) is 1.95. The minimum atomic E-state index is -0.221. The van der Waals surface area contributed by atoms with Crippen LogP contribution in [0, 0.1) is 0 Å². The van der Waals surface area contributed by atoms with Gasteiger partial charge in [0.2, 0.25) is 5.91 Å². The smallest absolute Gasteiger partial charge is 0.237 e. The molecular weight excluding hydrogens is 368 g/mol. The Morgan fingerprint density at radius 1 is 1.24 bits per heavy atom. The van der Waals surface area contributed by atoms with Crippen LogP contribution >= 0.6 is 0 Å². The quantitative estimate of drug-likeness (QED) is 0.630. The number of carbonyl (C=O) groups excluding carboxylic acids is 1. The van der Waals surface area contributed by atoms with Crippen molar-refractivity contribution in [2.24, 2.45) is 0 Å². The van der Waals surface area contributed by atoms with Crippen molar-refractivity contribution in [3.05, 3.63) is 72.5 Å². The second kappa shape index (κ2) is 9.29. The zero-order chi connectivity index (χ0) is 19.9. The topological polar surface area (TPSA) is 89.1 Å². The van der Waals surface area contributed by atoms with Crippen LogP contribution in [0.1, 0.15) is 23.8 Å². The second-order valence-corrected chi connectivity index (χ2v) is 7.09.